The quantitative estimate of drug-likeness (QED) is 0.574. The highest BCUT2D eigenvalue weighted by atomic mass is 16.5. The average Bonchev–Trinajstić information content (AvgIpc) is 2.66. The van der Waals surface area contributed by atoms with Crippen LogP contribution in [0.4, 0.5) is 0 Å². The second kappa shape index (κ2) is 11.5. The highest BCUT2D eigenvalue weighted by molar-refractivity contribution is 5.94. The summed E-state index contributed by atoms with van der Waals surface area (Å²) in [7, 11) is 2.95. The maximum Gasteiger partial charge on any atom is 0.307 e. The third-order valence-electron chi connectivity index (χ3n) is 4.23. The molecule has 6 nitrogen and oxygen atoms in total. The van der Waals surface area contributed by atoms with E-state index < -0.39 is 0 Å². The number of esters is 1. The number of amides is 1. The molecular weight excluding hydrogens is 320 g/mol. The molecule has 0 aliphatic heterocycles. The average molecular weight is 350 g/mol. The van der Waals surface area contributed by atoms with Crippen molar-refractivity contribution in [1.82, 2.24) is 9.80 Å². The number of ether oxygens (including phenoxy) is 2. The molecular formula is C19H30N2O4. The first-order chi connectivity index (χ1) is 12.0. The molecule has 6 heteroatoms. The molecule has 0 saturated carbocycles. The molecule has 140 valence electrons. The molecule has 0 bridgehead atoms. The zero-order chi connectivity index (χ0) is 18.7. The lowest BCUT2D eigenvalue weighted by atomic mass is 10.1. The van der Waals surface area contributed by atoms with E-state index in [2.05, 4.69) is 18.7 Å². The molecule has 0 fully saturated rings. The van der Waals surface area contributed by atoms with Crippen LogP contribution in [0.25, 0.3) is 0 Å². The van der Waals surface area contributed by atoms with Crippen LogP contribution in [0.5, 0.6) is 5.75 Å². The fourth-order valence-electron chi connectivity index (χ4n) is 2.58. The van der Waals surface area contributed by atoms with E-state index in [0.29, 0.717) is 24.4 Å². The summed E-state index contributed by atoms with van der Waals surface area (Å²) in [5.41, 5.74) is 0.591. The van der Waals surface area contributed by atoms with Crippen molar-refractivity contribution in [2.45, 2.75) is 26.7 Å². The molecule has 1 rings (SSSR count). The van der Waals surface area contributed by atoms with Gasteiger partial charge in [-0.1, -0.05) is 13.8 Å². The molecule has 0 heterocycles. The normalized spacial score (nSPS) is 10.6. The number of methoxy groups -OCH3 is 2. The second-order valence-corrected chi connectivity index (χ2v) is 5.73. The van der Waals surface area contributed by atoms with Crippen LogP contribution in [0.15, 0.2) is 24.3 Å². The monoisotopic (exact) mass is 350 g/mol. The summed E-state index contributed by atoms with van der Waals surface area (Å²) >= 11 is 0. The minimum atomic E-state index is -0.309. The van der Waals surface area contributed by atoms with Gasteiger partial charge in [0.2, 0.25) is 0 Å². The molecule has 0 aliphatic carbocycles. The molecule has 1 aromatic carbocycles. The maximum absolute atomic E-state index is 12.8. The zero-order valence-corrected chi connectivity index (χ0v) is 15.8. The predicted octanol–water partition coefficient (Wildman–Crippen LogP) is 2.43. The van der Waals surface area contributed by atoms with E-state index in [0.717, 1.165) is 26.1 Å². The topological polar surface area (TPSA) is 59.1 Å². The van der Waals surface area contributed by atoms with Crippen molar-refractivity contribution in [3.63, 3.8) is 0 Å². The molecule has 25 heavy (non-hydrogen) atoms. The number of nitrogens with zero attached hydrogens (tertiary/aromatic N) is 2. The van der Waals surface area contributed by atoms with Crippen molar-refractivity contribution in [3.8, 4) is 5.75 Å². The molecule has 0 spiro atoms. The number of carbonyl (C=O) groups is 2. The SMILES string of the molecule is CCN(CC)CCCN(CCC(=O)OC)C(=O)c1ccc(OC)cc1. The summed E-state index contributed by atoms with van der Waals surface area (Å²) in [6.45, 7) is 8.13. The summed E-state index contributed by atoms with van der Waals surface area (Å²) < 4.78 is 9.82. The van der Waals surface area contributed by atoms with Crippen LogP contribution in [-0.4, -0.2) is 68.6 Å². The van der Waals surface area contributed by atoms with Crippen LogP contribution in [0, 0.1) is 0 Å². The Hall–Kier alpha value is -2.08. The lowest BCUT2D eigenvalue weighted by molar-refractivity contribution is -0.140. The molecule has 0 aliphatic rings. The second-order valence-electron chi connectivity index (χ2n) is 5.73. The third kappa shape index (κ3) is 7.13. The van der Waals surface area contributed by atoms with E-state index in [9.17, 15) is 9.59 Å². The van der Waals surface area contributed by atoms with Crippen molar-refractivity contribution in [2.24, 2.45) is 0 Å². The number of rotatable bonds is 11. The van der Waals surface area contributed by atoms with Crippen molar-refractivity contribution < 1.29 is 19.1 Å². The first-order valence-corrected chi connectivity index (χ1v) is 8.78. The Morgan fingerprint density at radius 1 is 0.960 bits per heavy atom. The van der Waals surface area contributed by atoms with Gasteiger partial charge >= 0.3 is 5.97 Å². The number of hydrogen-bond donors (Lipinski definition) is 0. The van der Waals surface area contributed by atoms with Gasteiger partial charge in [-0.2, -0.15) is 0 Å². The predicted molar refractivity (Wildman–Crippen MR) is 97.9 cm³/mol. The smallest absolute Gasteiger partial charge is 0.307 e. The molecule has 0 radical (unpaired) electrons. The van der Waals surface area contributed by atoms with Gasteiger partial charge in [-0.25, -0.2) is 0 Å². The van der Waals surface area contributed by atoms with Gasteiger partial charge in [0.15, 0.2) is 0 Å². The fourth-order valence-corrected chi connectivity index (χ4v) is 2.58. The standard InChI is InChI=1S/C19H30N2O4/c1-5-20(6-2)13-7-14-21(15-12-18(22)25-4)19(23)16-8-10-17(24-3)11-9-16/h8-11H,5-7,12-15H2,1-4H3. The first-order valence-electron chi connectivity index (χ1n) is 8.78. The van der Waals surface area contributed by atoms with Crippen LogP contribution in [-0.2, 0) is 9.53 Å². The van der Waals surface area contributed by atoms with Crippen LogP contribution < -0.4 is 4.74 Å². The molecule has 0 saturated heterocycles. The van der Waals surface area contributed by atoms with Gasteiger partial charge in [-0.3, -0.25) is 9.59 Å². The van der Waals surface area contributed by atoms with E-state index in [1.165, 1.54) is 7.11 Å². The Morgan fingerprint density at radius 3 is 2.12 bits per heavy atom. The van der Waals surface area contributed by atoms with E-state index in [4.69, 9.17) is 9.47 Å². The highest BCUT2D eigenvalue weighted by Crippen LogP contribution is 2.14. The molecule has 1 aromatic rings. The molecule has 0 aromatic heterocycles. The lowest BCUT2D eigenvalue weighted by Crippen LogP contribution is -2.36. The van der Waals surface area contributed by atoms with Crippen molar-refractivity contribution in [1.29, 1.82) is 0 Å². The Labute approximate surface area is 150 Å². The zero-order valence-electron chi connectivity index (χ0n) is 15.8. The fraction of sp³-hybridized carbons (Fsp3) is 0.579. The summed E-state index contributed by atoms with van der Waals surface area (Å²) in [4.78, 5) is 28.3. The highest BCUT2D eigenvalue weighted by Gasteiger charge is 2.17. The largest absolute Gasteiger partial charge is 0.497 e. The van der Waals surface area contributed by atoms with E-state index >= 15 is 0 Å². The Bertz CT molecular complexity index is 527. The summed E-state index contributed by atoms with van der Waals surface area (Å²) in [6, 6.07) is 7.02. The van der Waals surface area contributed by atoms with Crippen molar-refractivity contribution >= 4 is 11.9 Å². The Kier molecular flexibility index (Phi) is 9.62. The van der Waals surface area contributed by atoms with Crippen LogP contribution in [0.3, 0.4) is 0 Å². The van der Waals surface area contributed by atoms with Gasteiger partial charge in [-0.15, -0.1) is 0 Å². The summed E-state index contributed by atoms with van der Waals surface area (Å²) in [5, 5.41) is 0. The maximum atomic E-state index is 12.8. The minimum Gasteiger partial charge on any atom is -0.497 e. The molecule has 1 amide bonds. The van der Waals surface area contributed by atoms with Gasteiger partial charge in [-0.05, 0) is 50.3 Å². The molecule has 0 N–H and O–H groups in total. The molecule has 0 unspecified atom stereocenters. The van der Waals surface area contributed by atoms with E-state index in [1.807, 2.05) is 0 Å². The first kappa shape index (κ1) is 21.0. The van der Waals surface area contributed by atoms with E-state index in [-0.39, 0.29) is 18.3 Å². The van der Waals surface area contributed by atoms with Gasteiger partial charge < -0.3 is 19.3 Å². The Balaban J connectivity index is 2.73. The Morgan fingerprint density at radius 2 is 1.60 bits per heavy atom. The van der Waals surface area contributed by atoms with Gasteiger partial charge in [0, 0.05) is 18.7 Å². The van der Waals surface area contributed by atoms with Crippen LogP contribution >= 0.6 is 0 Å². The third-order valence-corrected chi connectivity index (χ3v) is 4.23. The van der Waals surface area contributed by atoms with Gasteiger partial charge in [0.05, 0.1) is 20.6 Å². The van der Waals surface area contributed by atoms with E-state index in [1.54, 1.807) is 36.3 Å². The summed E-state index contributed by atoms with van der Waals surface area (Å²) in [6.07, 6.45) is 1.06. The van der Waals surface area contributed by atoms with Crippen LogP contribution in [0.1, 0.15) is 37.0 Å². The van der Waals surface area contributed by atoms with Crippen LogP contribution in [0.2, 0.25) is 0 Å². The number of carbonyl (C=O) groups excluding carboxylic acids is 2. The summed E-state index contributed by atoms with van der Waals surface area (Å²) in [5.74, 6) is 0.321. The lowest BCUT2D eigenvalue weighted by Gasteiger charge is -2.24. The molecule has 0 atom stereocenters. The van der Waals surface area contributed by atoms with Gasteiger partial charge in [0.25, 0.3) is 5.91 Å². The minimum absolute atomic E-state index is 0.0777. The van der Waals surface area contributed by atoms with Crippen molar-refractivity contribution in [2.75, 3.05) is 46.9 Å². The number of benzene rings is 1. The number of hydrogen-bond acceptors (Lipinski definition) is 5. The van der Waals surface area contributed by atoms with Crippen molar-refractivity contribution in [3.05, 3.63) is 29.8 Å². The van der Waals surface area contributed by atoms with Gasteiger partial charge in [0.1, 0.15) is 5.75 Å².